The maximum atomic E-state index is 12.7. The zero-order chi connectivity index (χ0) is 30.7. The molecule has 0 spiro atoms. The minimum absolute atomic E-state index is 0.100. The van der Waals surface area contributed by atoms with Gasteiger partial charge >= 0.3 is 18.0 Å². The molecule has 0 bridgehead atoms. The van der Waals surface area contributed by atoms with Crippen molar-refractivity contribution in [3.8, 4) is 23.4 Å². The molecule has 4 heterocycles. The molecular formula is C30H29F3N6O5. The Balaban J connectivity index is 0.933. The number of benzene rings is 2. The lowest BCUT2D eigenvalue weighted by molar-refractivity contribution is -0.389. The van der Waals surface area contributed by atoms with Crippen molar-refractivity contribution in [2.24, 2.45) is 0 Å². The number of nitrogens with zero attached hydrogens (tertiary/aromatic N) is 6. The van der Waals surface area contributed by atoms with E-state index in [9.17, 15) is 23.3 Å². The van der Waals surface area contributed by atoms with Gasteiger partial charge in [0.2, 0.25) is 5.88 Å². The number of pyridine rings is 1. The summed E-state index contributed by atoms with van der Waals surface area (Å²) < 4.78 is 57.1. The Kier molecular flexibility index (Phi) is 8.24. The summed E-state index contributed by atoms with van der Waals surface area (Å²) in [7, 11) is 0. The van der Waals surface area contributed by atoms with Crippen LogP contribution >= 0.6 is 0 Å². The van der Waals surface area contributed by atoms with Gasteiger partial charge in [0.05, 0.1) is 5.56 Å². The number of hydrogen-bond donors (Lipinski definition) is 0. The summed E-state index contributed by atoms with van der Waals surface area (Å²) in [5.74, 6) is 1.10. The molecule has 0 amide bonds. The number of fused-ring (bicyclic) bond motifs is 1. The summed E-state index contributed by atoms with van der Waals surface area (Å²) >= 11 is 0. The number of hydrogen-bond acceptors (Lipinski definition) is 9. The third kappa shape index (κ3) is 7.02. The minimum Gasteiger partial charge on any atom is -0.490 e. The zero-order valence-electron chi connectivity index (χ0n) is 23.5. The van der Waals surface area contributed by atoms with Crippen LogP contribution in [0.4, 0.5) is 24.7 Å². The lowest BCUT2D eigenvalue weighted by Crippen LogP contribution is -2.45. The molecule has 11 nitrogen and oxygen atoms in total. The van der Waals surface area contributed by atoms with Gasteiger partial charge in [0.15, 0.2) is 0 Å². The molecule has 0 saturated carbocycles. The number of aromatic nitrogens is 3. The Morgan fingerprint density at radius 1 is 0.955 bits per heavy atom. The van der Waals surface area contributed by atoms with Crippen LogP contribution in [0.2, 0.25) is 0 Å². The molecule has 230 valence electrons. The van der Waals surface area contributed by atoms with Gasteiger partial charge in [0.1, 0.15) is 30.4 Å². The minimum atomic E-state index is -4.44. The predicted molar refractivity (Wildman–Crippen MR) is 153 cm³/mol. The standard InChI is InChI=1S/C30H29F3N6O5/c31-30(32,33)22-3-10-28(34-17-22)43-25-6-1-21(2-7-25)18-36-13-15-37(16-14-36)23-4-8-24(9-5-23)42-20-26-11-12-38-19-27(39(40)41)35-29(38)44-26/h1-10,17,19,26H,11-16,18,20H2. The van der Waals surface area contributed by atoms with E-state index < -0.39 is 16.7 Å². The van der Waals surface area contributed by atoms with Crippen LogP contribution in [0.15, 0.2) is 73.1 Å². The fourth-order valence-corrected chi connectivity index (χ4v) is 5.09. The number of anilines is 1. The monoisotopic (exact) mass is 610 g/mol. The highest BCUT2D eigenvalue weighted by Gasteiger charge is 2.31. The van der Waals surface area contributed by atoms with Crippen LogP contribution in [0.5, 0.6) is 23.4 Å². The average molecular weight is 611 g/mol. The van der Waals surface area contributed by atoms with Crippen LogP contribution in [-0.4, -0.2) is 63.2 Å². The van der Waals surface area contributed by atoms with Gasteiger partial charge < -0.3 is 29.2 Å². The maximum absolute atomic E-state index is 12.7. The van der Waals surface area contributed by atoms with Crippen molar-refractivity contribution in [2.45, 2.75) is 31.8 Å². The Morgan fingerprint density at radius 3 is 2.34 bits per heavy atom. The topological polar surface area (TPSA) is 108 Å². The summed E-state index contributed by atoms with van der Waals surface area (Å²) in [6, 6.07) is 17.8. The van der Waals surface area contributed by atoms with Crippen LogP contribution in [0.3, 0.4) is 0 Å². The van der Waals surface area contributed by atoms with E-state index in [2.05, 4.69) is 19.8 Å². The van der Waals surface area contributed by atoms with Gasteiger partial charge in [-0.25, -0.2) is 4.98 Å². The van der Waals surface area contributed by atoms with Gasteiger partial charge in [0, 0.05) is 68.6 Å². The third-order valence-corrected chi connectivity index (χ3v) is 7.50. The van der Waals surface area contributed by atoms with Gasteiger partial charge in [-0.15, -0.1) is 0 Å². The molecule has 1 unspecified atom stereocenters. The molecule has 4 aromatic rings. The molecule has 0 N–H and O–H groups in total. The quantitative estimate of drug-likeness (QED) is 0.178. The first kappa shape index (κ1) is 29.2. The highest BCUT2D eigenvalue weighted by atomic mass is 19.4. The Labute approximate surface area is 250 Å². The van der Waals surface area contributed by atoms with Crippen LogP contribution in [-0.2, 0) is 19.3 Å². The molecular weight excluding hydrogens is 581 g/mol. The van der Waals surface area contributed by atoms with E-state index in [0.717, 1.165) is 62.0 Å². The first-order valence-corrected chi connectivity index (χ1v) is 14.1. The second-order valence-corrected chi connectivity index (χ2v) is 10.6. The normalized spacial score (nSPS) is 17.1. The zero-order valence-corrected chi connectivity index (χ0v) is 23.5. The number of alkyl halides is 3. The molecule has 2 aliphatic heterocycles. The fraction of sp³-hybridized carbons (Fsp3) is 0.333. The van der Waals surface area contributed by atoms with E-state index in [1.54, 1.807) is 16.7 Å². The predicted octanol–water partition coefficient (Wildman–Crippen LogP) is 5.55. The van der Waals surface area contributed by atoms with Crippen molar-refractivity contribution >= 4 is 11.5 Å². The van der Waals surface area contributed by atoms with Crippen molar-refractivity contribution in [3.63, 3.8) is 0 Å². The van der Waals surface area contributed by atoms with E-state index in [1.807, 2.05) is 36.4 Å². The van der Waals surface area contributed by atoms with Crippen molar-refractivity contribution in [2.75, 3.05) is 37.7 Å². The second kappa shape index (κ2) is 12.4. The smallest absolute Gasteiger partial charge is 0.417 e. The van der Waals surface area contributed by atoms with Crippen molar-refractivity contribution in [1.29, 1.82) is 0 Å². The molecule has 1 atom stereocenters. The highest BCUT2D eigenvalue weighted by Crippen LogP contribution is 2.30. The van der Waals surface area contributed by atoms with Gasteiger partial charge in [-0.2, -0.15) is 13.2 Å². The van der Waals surface area contributed by atoms with Crippen LogP contribution < -0.4 is 19.1 Å². The number of aryl methyl sites for hydroxylation is 1. The maximum Gasteiger partial charge on any atom is 0.417 e. The summed E-state index contributed by atoms with van der Waals surface area (Å²) in [4.78, 5) is 22.8. The lowest BCUT2D eigenvalue weighted by Gasteiger charge is -2.36. The van der Waals surface area contributed by atoms with Crippen LogP contribution in [0.1, 0.15) is 17.5 Å². The van der Waals surface area contributed by atoms with Gasteiger partial charge in [0.25, 0.3) is 0 Å². The molecule has 2 aliphatic rings. The molecule has 0 radical (unpaired) electrons. The number of imidazole rings is 1. The van der Waals surface area contributed by atoms with Gasteiger partial charge in [-0.3, -0.25) is 9.47 Å². The molecule has 1 fully saturated rings. The SMILES string of the molecule is O=[N+]([O-])c1cn2c(n1)OC(COc1ccc(N3CCN(Cc4ccc(Oc5ccc(C(F)(F)F)cn5)cc4)CC3)cc1)CC2. The van der Waals surface area contributed by atoms with Crippen molar-refractivity contribution in [1.82, 2.24) is 19.4 Å². The number of ether oxygens (including phenoxy) is 3. The number of nitro groups is 1. The largest absolute Gasteiger partial charge is 0.490 e. The number of piperazine rings is 1. The van der Waals surface area contributed by atoms with E-state index >= 15 is 0 Å². The molecule has 0 aliphatic carbocycles. The third-order valence-electron chi connectivity index (χ3n) is 7.50. The summed E-state index contributed by atoms with van der Waals surface area (Å²) in [6.45, 7) is 5.19. The van der Waals surface area contributed by atoms with Crippen LogP contribution in [0, 0.1) is 10.1 Å². The first-order chi connectivity index (χ1) is 21.2. The Bertz CT molecular complexity index is 1570. The first-order valence-electron chi connectivity index (χ1n) is 14.1. The molecule has 44 heavy (non-hydrogen) atoms. The van der Waals surface area contributed by atoms with E-state index in [4.69, 9.17) is 14.2 Å². The average Bonchev–Trinajstić information content (AvgIpc) is 3.46. The molecule has 14 heteroatoms. The van der Waals surface area contributed by atoms with E-state index in [0.29, 0.717) is 25.3 Å². The van der Waals surface area contributed by atoms with Gasteiger partial charge in [-0.05, 0) is 53.0 Å². The summed E-state index contributed by atoms with van der Waals surface area (Å²) in [6.07, 6.45) is -1.86. The van der Waals surface area contributed by atoms with Crippen molar-refractivity contribution < 1.29 is 32.3 Å². The fourth-order valence-electron chi connectivity index (χ4n) is 5.09. The lowest BCUT2D eigenvalue weighted by atomic mass is 10.2. The molecule has 1 saturated heterocycles. The second-order valence-electron chi connectivity index (χ2n) is 10.6. The summed E-state index contributed by atoms with van der Waals surface area (Å²) in [5, 5.41) is 10.9. The summed E-state index contributed by atoms with van der Waals surface area (Å²) in [5.41, 5.74) is 1.40. The molecule has 6 rings (SSSR count). The number of rotatable bonds is 9. The molecule has 2 aromatic heterocycles. The number of halogens is 3. The van der Waals surface area contributed by atoms with Crippen molar-refractivity contribution in [3.05, 3.63) is 94.3 Å². The van der Waals surface area contributed by atoms with Gasteiger partial charge in [-0.1, -0.05) is 12.1 Å². The molecule has 2 aromatic carbocycles. The van der Waals surface area contributed by atoms with Crippen LogP contribution in [0.25, 0.3) is 0 Å². The van der Waals surface area contributed by atoms with E-state index in [-0.39, 0.29) is 23.8 Å². The Morgan fingerprint density at radius 2 is 1.68 bits per heavy atom. The Hall–Kier alpha value is -4.85. The van der Waals surface area contributed by atoms with E-state index in [1.165, 1.54) is 12.3 Å². The highest BCUT2D eigenvalue weighted by molar-refractivity contribution is 5.49.